The molecular formula is C13H19N3O5. The maximum Gasteiger partial charge on any atom is 0.308 e. The Morgan fingerprint density at radius 3 is 2.57 bits per heavy atom. The largest absolute Gasteiger partial charge is 0.481 e. The van der Waals surface area contributed by atoms with Crippen LogP contribution in [0.15, 0.2) is 6.07 Å². The molecule has 1 atom stereocenters. The summed E-state index contributed by atoms with van der Waals surface area (Å²) in [6.45, 7) is 1.63. The number of hydrogen-bond donors (Lipinski definition) is 0. The van der Waals surface area contributed by atoms with Gasteiger partial charge < -0.3 is 23.8 Å². The highest BCUT2D eigenvalue weighted by Crippen LogP contribution is 2.22. The van der Waals surface area contributed by atoms with E-state index in [9.17, 15) is 4.79 Å². The molecule has 8 nitrogen and oxygen atoms in total. The number of hydrogen-bond acceptors (Lipinski definition) is 8. The molecule has 0 radical (unpaired) electrons. The van der Waals surface area contributed by atoms with Gasteiger partial charge in [0.1, 0.15) is 0 Å². The molecule has 1 aromatic rings. The fraction of sp³-hybridized carbons (Fsp3) is 0.615. The number of carbonyl (C=O) groups is 1. The lowest BCUT2D eigenvalue weighted by atomic mass is 10.2. The van der Waals surface area contributed by atoms with E-state index in [1.807, 2.05) is 4.90 Å². The first kappa shape index (κ1) is 15.3. The number of morpholine rings is 1. The number of carbonyl (C=O) groups excluding carboxylic acids is 1. The Morgan fingerprint density at radius 1 is 1.33 bits per heavy atom. The summed E-state index contributed by atoms with van der Waals surface area (Å²) in [7, 11) is 4.43. The first-order valence-corrected chi connectivity index (χ1v) is 6.56. The zero-order valence-corrected chi connectivity index (χ0v) is 12.4. The first-order valence-electron chi connectivity index (χ1n) is 6.56. The lowest BCUT2D eigenvalue weighted by molar-refractivity contribution is -0.144. The fourth-order valence-electron chi connectivity index (χ4n) is 2.04. The molecule has 1 aliphatic heterocycles. The van der Waals surface area contributed by atoms with Crippen LogP contribution in [0.3, 0.4) is 0 Å². The van der Waals surface area contributed by atoms with Crippen molar-refractivity contribution >= 4 is 11.9 Å². The lowest BCUT2D eigenvalue weighted by Gasteiger charge is -2.32. The number of nitrogens with zero attached hydrogens (tertiary/aromatic N) is 3. The van der Waals surface area contributed by atoms with Crippen molar-refractivity contribution in [2.75, 3.05) is 45.9 Å². The van der Waals surface area contributed by atoms with Gasteiger partial charge in [0.05, 0.1) is 46.5 Å². The van der Waals surface area contributed by atoms with Crippen LogP contribution in [0.4, 0.5) is 5.95 Å². The van der Waals surface area contributed by atoms with Crippen molar-refractivity contribution in [3.8, 4) is 11.8 Å². The number of anilines is 1. The van der Waals surface area contributed by atoms with Crippen LogP contribution in [-0.4, -0.2) is 63.1 Å². The summed E-state index contributed by atoms with van der Waals surface area (Å²) >= 11 is 0. The number of rotatable bonds is 5. The van der Waals surface area contributed by atoms with Gasteiger partial charge in [-0.25, -0.2) is 0 Å². The van der Waals surface area contributed by atoms with Crippen molar-refractivity contribution in [1.82, 2.24) is 9.97 Å². The molecule has 2 rings (SSSR count). The Balaban J connectivity index is 2.11. The third-order valence-corrected chi connectivity index (χ3v) is 3.13. The van der Waals surface area contributed by atoms with Crippen molar-refractivity contribution in [2.24, 2.45) is 0 Å². The highest BCUT2D eigenvalue weighted by atomic mass is 16.5. The van der Waals surface area contributed by atoms with Crippen molar-refractivity contribution in [2.45, 2.75) is 12.5 Å². The summed E-state index contributed by atoms with van der Waals surface area (Å²) < 4.78 is 20.5. The Hall–Kier alpha value is -2.09. The van der Waals surface area contributed by atoms with E-state index in [0.717, 1.165) is 0 Å². The van der Waals surface area contributed by atoms with Gasteiger partial charge in [-0.1, -0.05) is 0 Å². The normalized spacial score (nSPS) is 18.2. The van der Waals surface area contributed by atoms with Crippen molar-refractivity contribution in [1.29, 1.82) is 0 Å². The molecule has 116 valence electrons. The second-order valence-electron chi connectivity index (χ2n) is 4.47. The average Bonchev–Trinajstić information content (AvgIpc) is 2.54. The van der Waals surface area contributed by atoms with E-state index < -0.39 is 0 Å². The molecule has 1 fully saturated rings. The van der Waals surface area contributed by atoms with Crippen LogP contribution in [0.2, 0.25) is 0 Å². The van der Waals surface area contributed by atoms with Crippen LogP contribution < -0.4 is 14.4 Å². The minimum absolute atomic E-state index is 0.202. The van der Waals surface area contributed by atoms with Crippen LogP contribution in [0.1, 0.15) is 6.42 Å². The molecule has 1 aromatic heterocycles. The third kappa shape index (κ3) is 3.94. The molecular weight excluding hydrogens is 278 g/mol. The van der Waals surface area contributed by atoms with Gasteiger partial charge in [-0.3, -0.25) is 4.79 Å². The molecule has 8 heteroatoms. The minimum atomic E-state index is -0.300. The van der Waals surface area contributed by atoms with Crippen LogP contribution in [0.5, 0.6) is 11.8 Å². The van der Waals surface area contributed by atoms with Crippen molar-refractivity contribution in [3.05, 3.63) is 6.07 Å². The van der Waals surface area contributed by atoms with E-state index in [1.165, 1.54) is 21.3 Å². The summed E-state index contributed by atoms with van der Waals surface area (Å²) in [5.74, 6) is 1.04. The van der Waals surface area contributed by atoms with Gasteiger partial charge in [0, 0.05) is 13.1 Å². The quantitative estimate of drug-likeness (QED) is 0.716. The molecule has 0 bridgehead atoms. The van der Waals surface area contributed by atoms with Gasteiger partial charge in [0.25, 0.3) is 0 Å². The van der Waals surface area contributed by atoms with E-state index in [4.69, 9.17) is 14.2 Å². The molecule has 0 aliphatic carbocycles. The van der Waals surface area contributed by atoms with E-state index in [2.05, 4.69) is 14.7 Å². The Morgan fingerprint density at radius 2 is 2.00 bits per heavy atom. The summed E-state index contributed by atoms with van der Waals surface area (Å²) in [6, 6.07) is 1.61. The summed E-state index contributed by atoms with van der Waals surface area (Å²) in [5.41, 5.74) is 0. The number of ether oxygens (including phenoxy) is 4. The molecule has 0 amide bonds. The first-order chi connectivity index (χ1) is 10.2. The van der Waals surface area contributed by atoms with Crippen LogP contribution in [0.25, 0.3) is 0 Å². The fourth-order valence-corrected chi connectivity index (χ4v) is 2.04. The number of aromatic nitrogens is 2. The summed E-state index contributed by atoms with van der Waals surface area (Å²) in [5, 5.41) is 0. The predicted octanol–water partition coefficient (Wildman–Crippen LogP) is 0.262. The molecule has 0 saturated carbocycles. The lowest BCUT2D eigenvalue weighted by Crippen LogP contribution is -2.44. The van der Waals surface area contributed by atoms with Gasteiger partial charge in [-0.2, -0.15) is 9.97 Å². The molecule has 1 unspecified atom stereocenters. The Kier molecular flexibility index (Phi) is 5.15. The minimum Gasteiger partial charge on any atom is -0.481 e. The van der Waals surface area contributed by atoms with Gasteiger partial charge in [0.2, 0.25) is 17.7 Å². The molecule has 2 heterocycles. The highest BCUT2D eigenvalue weighted by molar-refractivity contribution is 5.69. The van der Waals surface area contributed by atoms with E-state index in [1.54, 1.807) is 6.07 Å². The SMILES string of the molecule is COC(=O)CC1CN(c2nc(OC)cc(OC)n2)CCO1. The number of methoxy groups -OCH3 is 3. The molecule has 0 spiro atoms. The van der Waals surface area contributed by atoms with Crippen LogP contribution >= 0.6 is 0 Å². The maximum absolute atomic E-state index is 11.3. The topological polar surface area (TPSA) is 83.0 Å². The van der Waals surface area contributed by atoms with Gasteiger partial charge in [-0.15, -0.1) is 0 Å². The standard InChI is InChI=1S/C13H19N3O5/c1-18-10-7-11(19-2)15-13(14-10)16-4-5-21-9(8-16)6-12(17)20-3/h7,9H,4-6,8H2,1-3H3. The zero-order chi connectivity index (χ0) is 15.2. The Labute approximate surface area is 123 Å². The third-order valence-electron chi connectivity index (χ3n) is 3.13. The average molecular weight is 297 g/mol. The molecule has 1 aliphatic rings. The predicted molar refractivity (Wildman–Crippen MR) is 73.7 cm³/mol. The van der Waals surface area contributed by atoms with E-state index >= 15 is 0 Å². The second-order valence-corrected chi connectivity index (χ2v) is 4.47. The highest BCUT2D eigenvalue weighted by Gasteiger charge is 2.25. The Bertz CT molecular complexity index is 474. The van der Waals surface area contributed by atoms with Crippen molar-refractivity contribution in [3.63, 3.8) is 0 Å². The second kappa shape index (κ2) is 7.07. The van der Waals surface area contributed by atoms with Crippen LogP contribution in [0, 0.1) is 0 Å². The van der Waals surface area contributed by atoms with Gasteiger partial charge >= 0.3 is 5.97 Å². The molecule has 0 N–H and O–H groups in total. The summed E-state index contributed by atoms with van der Waals surface area (Å²) in [4.78, 5) is 21.9. The number of esters is 1. The zero-order valence-electron chi connectivity index (χ0n) is 12.4. The monoisotopic (exact) mass is 297 g/mol. The maximum atomic E-state index is 11.3. The van der Waals surface area contributed by atoms with Crippen LogP contribution in [-0.2, 0) is 14.3 Å². The molecule has 21 heavy (non-hydrogen) atoms. The van der Waals surface area contributed by atoms with E-state index in [0.29, 0.717) is 37.4 Å². The van der Waals surface area contributed by atoms with Gasteiger partial charge in [-0.05, 0) is 0 Å². The molecule has 1 saturated heterocycles. The van der Waals surface area contributed by atoms with E-state index in [-0.39, 0.29) is 18.5 Å². The summed E-state index contributed by atoms with van der Waals surface area (Å²) in [6.07, 6.45) is -0.0410. The van der Waals surface area contributed by atoms with Crippen molar-refractivity contribution < 1.29 is 23.7 Å². The molecule has 0 aromatic carbocycles. The smallest absolute Gasteiger partial charge is 0.308 e. The van der Waals surface area contributed by atoms with Gasteiger partial charge in [0.15, 0.2) is 0 Å².